The van der Waals surface area contributed by atoms with Crippen LogP contribution >= 0.6 is 0 Å². The lowest BCUT2D eigenvalue weighted by atomic mass is 9.98. The number of hydrogen-bond donors (Lipinski definition) is 3. The van der Waals surface area contributed by atoms with Crippen LogP contribution in [0, 0.1) is 5.92 Å². The number of aromatic hydroxyl groups is 1. The molecule has 0 unspecified atom stereocenters. The molecule has 0 bridgehead atoms. The monoisotopic (exact) mass is 352 g/mol. The predicted molar refractivity (Wildman–Crippen MR) is 82.4 cm³/mol. The van der Waals surface area contributed by atoms with Gasteiger partial charge in [0.25, 0.3) is 0 Å². The first kappa shape index (κ1) is 19.7. The van der Waals surface area contributed by atoms with Crippen LogP contribution in [0.15, 0.2) is 30.3 Å². The minimum absolute atomic E-state index is 0.0257. The molecule has 0 saturated heterocycles. The molecule has 0 heterocycles. The van der Waals surface area contributed by atoms with Crippen molar-refractivity contribution in [2.75, 3.05) is 7.11 Å². The molecule has 0 aliphatic carbocycles. The van der Waals surface area contributed by atoms with Crippen LogP contribution in [-0.4, -0.2) is 52.4 Å². The first-order valence-corrected chi connectivity index (χ1v) is 6.94. The summed E-state index contributed by atoms with van der Waals surface area (Å²) in [5.41, 5.74) is 0.519. The number of esters is 2. The maximum Gasteiger partial charge on any atom is 0.345 e. The van der Waals surface area contributed by atoms with Gasteiger partial charge in [-0.05, 0) is 23.8 Å². The Morgan fingerprint density at radius 1 is 1.08 bits per heavy atom. The van der Waals surface area contributed by atoms with Crippen molar-refractivity contribution in [2.45, 2.75) is 12.5 Å². The quantitative estimate of drug-likeness (QED) is 0.453. The molecule has 134 valence electrons. The lowest BCUT2D eigenvalue weighted by molar-refractivity contribution is -0.172. The molecule has 9 heteroatoms. The highest BCUT2D eigenvalue weighted by Gasteiger charge is 2.38. The van der Waals surface area contributed by atoms with Gasteiger partial charge in [-0.15, -0.1) is 0 Å². The standard InChI is InChI=1S/C16H16O9/c1-24-13(19)8-11(15(20)21)14(16(22)23)25-12(18)7-4-9-2-5-10(17)6-3-9/h2-7,11,14,17H,8H2,1H3,(H,20,21)(H,22,23)/t11-,14-/m1/s1. The molecule has 0 saturated carbocycles. The van der Waals surface area contributed by atoms with Gasteiger partial charge in [-0.1, -0.05) is 12.1 Å². The van der Waals surface area contributed by atoms with Gasteiger partial charge < -0.3 is 24.8 Å². The number of ether oxygens (including phenoxy) is 2. The van der Waals surface area contributed by atoms with E-state index in [0.29, 0.717) is 5.56 Å². The molecule has 0 radical (unpaired) electrons. The number of hydrogen-bond acceptors (Lipinski definition) is 7. The number of carboxylic acid groups (broad SMARTS) is 2. The zero-order valence-corrected chi connectivity index (χ0v) is 13.1. The van der Waals surface area contributed by atoms with E-state index in [1.807, 2.05) is 0 Å². The van der Waals surface area contributed by atoms with Gasteiger partial charge in [0.05, 0.1) is 13.5 Å². The predicted octanol–water partition coefficient (Wildman–Crippen LogP) is 0.666. The molecule has 0 aromatic heterocycles. The lowest BCUT2D eigenvalue weighted by Crippen LogP contribution is -2.39. The fourth-order valence-corrected chi connectivity index (χ4v) is 1.81. The minimum atomic E-state index is -2.06. The number of phenols is 1. The molecule has 1 rings (SSSR count). The summed E-state index contributed by atoms with van der Waals surface area (Å²) in [5, 5.41) is 27.3. The first-order valence-electron chi connectivity index (χ1n) is 6.94. The van der Waals surface area contributed by atoms with E-state index in [1.165, 1.54) is 30.3 Å². The lowest BCUT2D eigenvalue weighted by Gasteiger charge is -2.19. The Kier molecular flexibility index (Phi) is 7.14. The molecule has 3 N–H and O–H groups in total. The second-order valence-electron chi connectivity index (χ2n) is 4.85. The highest BCUT2D eigenvalue weighted by atomic mass is 16.6. The first-order chi connectivity index (χ1) is 11.7. The van der Waals surface area contributed by atoms with Gasteiger partial charge in [-0.2, -0.15) is 0 Å². The van der Waals surface area contributed by atoms with Crippen LogP contribution in [-0.2, 0) is 28.7 Å². The number of aliphatic carboxylic acids is 2. The van der Waals surface area contributed by atoms with Crippen LogP contribution < -0.4 is 0 Å². The smallest absolute Gasteiger partial charge is 0.345 e. The Bertz CT molecular complexity index is 675. The summed E-state index contributed by atoms with van der Waals surface area (Å²) in [6.45, 7) is 0. The Hall–Kier alpha value is -3.36. The average Bonchev–Trinajstić information content (AvgIpc) is 2.56. The molecule has 25 heavy (non-hydrogen) atoms. The van der Waals surface area contributed by atoms with E-state index in [0.717, 1.165) is 13.2 Å². The summed E-state index contributed by atoms with van der Waals surface area (Å²) in [5.74, 6) is -7.14. The molecule has 0 fully saturated rings. The van der Waals surface area contributed by atoms with Gasteiger partial charge >= 0.3 is 23.9 Å². The van der Waals surface area contributed by atoms with Crippen LogP contribution in [0.5, 0.6) is 5.75 Å². The summed E-state index contributed by atoms with van der Waals surface area (Å²) in [6, 6.07) is 5.74. The van der Waals surface area contributed by atoms with Crippen LogP contribution in [0.3, 0.4) is 0 Å². The highest BCUT2D eigenvalue weighted by Crippen LogP contribution is 2.16. The van der Waals surface area contributed by atoms with Crippen molar-refractivity contribution in [1.29, 1.82) is 0 Å². The van der Waals surface area contributed by atoms with E-state index < -0.39 is 42.3 Å². The van der Waals surface area contributed by atoms with Crippen molar-refractivity contribution in [2.24, 2.45) is 5.92 Å². The molecular weight excluding hydrogens is 336 g/mol. The van der Waals surface area contributed by atoms with Crippen LogP contribution in [0.25, 0.3) is 6.08 Å². The second-order valence-corrected chi connectivity index (χ2v) is 4.85. The van der Waals surface area contributed by atoms with Gasteiger partial charge in [-0.25, -0.2) is 9.59 Å². The van der Waals surface area contributed by atoms with Crippen molar-refractivity contribution < 1.29 is 44.0 Å². The van der Waals surface area contributed by atoms with Crippen LogP contribution in [0.1, 0.15) is 12.0 Å². The third-order valence-corrected chi connectivity index (χ3v) is 3.09. The third-order valence-electron chi connectivity index (χ3n) is 3.09. The zero-order valence-electron chi connectivity index (χ0n) is 13.1. The van der Waals surface area contributed by atoms with Crippen molar-refractivity contribution >= 4 is 30.0 Å². The molecule has 1 aromatic carbocycles. The Labute approximate surface area is 142 Å². The molecule has 0 aliphatic rings. The summed E-state index contributed by atoms with van der Waals surface area (Å²) in [4.78, 5) is 45.4. The van der Waals surface area contributed by atoms with Gasteiger partial charge in [0, 0.05) is 6.08 Å². The molecule has 2 atom stereocenters. The third kappa shape index (κ3) is 6.34. The van der Waals surface area contributed by atoms with Gasteiger partial charge in [-0.3, -0.25) is 9.59 Å². The van der Waals surface area contributed by atoms with E-state index >= 15 is 0 Å². The van der Waals surface area contributed by atoms with E-state index in [1.54, 1.807) is 0 Å². The summed E-state index contributed by atoms with van der Waals surface area (Å²) < 4.78 is 8.97. The Morgan fingerprint density at radius 3 is 2.16 bits per heavy atom. The van der Waals surface area contributed by atoms with Crippen molar-refractivity contribution in [3.05, 3.63) is 35.9 Å². The Balaban J connectivity index is 2.86. The second kappa shape index (κ2) is 9.06. The topological polar surface area (TPSA) is 147 Å². The van der Waals surface area contributed by atoms with Crippen LogP contribution in [0.2, 0.25) is 0 Å². The summed E-state index contributed by atoms with van der Waals surface area (Å²) in [7, 11) is 1.02. The number of rotatable bonds is 8. The maximum absolute atomic E-state index is 11.7. The molecule has 0 amide bonds. The van der Waals surface area contributed by atoms with E-state index in [2.05, 4.69) is 9.47 Å². The van der Waals surface area contributed by atoms with Crippen LogP contribution in [0.4, 0.5) is 0 Å². The molecule has 0 aliphatic heterocycles. The number of carbonyl (C=O) groups is 4. The summed E-state index contributed by atoms with van der Waals surface area (Å²) in [6.07, 6.45) is -0.637. The van der Waals surface area contributed by atoms with E-state index in [-0.39, 0.29) is 5.75 Å². The number of carbonyl (C=O) groups excluding carboxylic acids is 2. The SMILES string of the molecule is COC(=O)C[C@@H](C(=O)O)[C@@H](OC(=O)C=Cc1ccc(O)cc1)C(=O)O. The number of methoxy groups -OCH3 is 1. The average molecular weight is 352 g/mol. The normalized spacial score (nSPS) is 13.0. The fraction of sp³-hybridized carbons (Fsp3) is 0.250. The fourth-order valence-electron chi connectivity index (χ4n) is 1.81. The number of carboxylic acids is 2. The largest absolute Gasteiger partial charge is 0.508 e. The molecule has 1 aromatic rings. The van der Waals surface area contributed by atoms with Crippen molar-refractivity contribution in [1.82, 2.24) is 0 Å². The van der Waals surface area contributed by atoms with Crippen molar-refractivity contribution in [3.63, 3.8) is 0 Å². The van der Waals surface area contributed by atoms with Gasteiger partial charge in [0.1, 0.15) is 11.7 Å². The molecular formula is C16H16O9. The highest BCUT2D eigenvalue weighted by molar-refractivity contribution is 5.91. The minimum Gasteiger partial charge on any atom is -0.508 e. The van der Waals surface area contributed by atoms with E-state index in [9.17, 15) is 19.2 Å². The Morgan fingerprint density at radius 2 is 1.68 bits per heavy atom. The summed E-state index contributed by atoms with van der Waals surface area (Å²) >= 11 is 0. The molecule has 0 spiro atoms. The number of phenolic OH excluding ortho intramolecular Hbond substituents is 1. The van der Waals surface area contributed by atoms with Gasteiger partial charge in [0.2, 0.25) is 6.10 Å². The van der Waals surface area contributed by atoms with Gasteiger partial charge in [0.15, 0.2) is 0 Å². The van der Waals surface area contributed by atoms with Crippen molar-refractivity contribution in [3.8, 4) is 5.75 Å². The maximum atomic E-state index is 11.7. The molecule has 9 nitrogen and oxygen atoms in total. The zero-order chi connectivity index (χ0) is 19.0. The van der Waals surface area contributed by atoms with E-state index in [4.69, 9.17) is 15.3 Å². The number of benzene rings is 1.